The van der Waals surface area contributed by atoms with Gasteiger partial charge in [0.15, 0.2) is 0 Å². The highest BCUT2D eigenvalue weighted by Gasteiger charge is 2.54. The van der Waals surface area contributed by atoms with E-state index in [1.54, 1.807) is 25.8 Å². The number of nitrogens with zero attached hydrogens (tertiary/aromatic N) is 5. The smallest absolute Gasteiger partial charge is 0.394 e. The molecule has 142 valence electrons. The summed E-state index contributed by atoms with van der Waals surface area (Å²) in [5.41, 5.74) is 0.822. The highest BCUT2D eigenvalue weighted by Crippen LogP contribution is 2.40. The number of aliphatic carboxylic acids is 1. The number of alkyl halides is 3. The molecule has 0 aliphatic carbocycles. The highest BCUT2D eigenvalue weighted by atomic mass is 19.4. The number of halogens is 3. The minimum Gasteiger partial charge on any atom is -0.481 e. The highest BCUT2D eigenvalue weighted by molar-refractivity contribution is 5.96. The van der Waals surface area contributed by atoms with Crippen LogP contribution in [0.15, 0.2) is 17.6 Å². The number of aromatic nitrogens is 3. The quantitative estimate of drug-likeness (QED) is 0.840. The number of rotatable bonds is 2. The van der Waals surface area contributed by atoms with Crippen molar-refractivity contribution in [3.8, 4) is 0 Å². The third-order valence-corrected chi connectivity index (χ3v) is 5.11. The first-order valence-electron chi connectivity index (χ1n) is 7.96. The van der Waals surface area contributed by atoms with Crippen molar-refractivity contribution in [3.63, 3.8) is 0 Å². The fourth-order valence-corrected chi connectivity index (χ4v) is 3.57. The van der Waals surface area contributed by atoms with Crippen LogP contribution in [0.5, 0.6) is 0 Å². The van der Waals surface area contributed by atoms with Gasteiger partial charge in [-0.15, -0.1) is 0 Å². The van der Waals surface area contributed by atoms with Gasteiger partial charge in [0.1, 0.15) is 6.33 Å². The summed E-state index contributed by atoms with van der Waals surface area (Å²) in [6.45, 7) is 2.23. The predicted octanol–water partition coefficient (Wildman–Crippen LogP) is 1.28. The van der Waals surface area contributed by atoms with Crippen molar-refractivity contribution in [1.82, 2.24) is 19.7 Å². The molecule has 0 aromatic carbocycles. The number of fused-ring (bicyclic) bond motifs is 1. The number of carbonyl (C=O) groups is 2. The van der Waals surface area contributed by atoms with Gasteiger partial charge in [-0.2, -0.15) is 23.3 Å². The lowest BCUT2D eigenvalue weighted by Gasteiger charge is -2.33. The Morgan fingerprint density at radius 3 is 2.50 bits per heavy atom. The Morgan fingerprint density at radius 2 is 1.96 bits per heavy atom. The average molecular weight is 373 g/mol. The Morgan fingerprint density at radius 1 is 1.31 bits per heavy atom. The predicted molar refractivity (Wildman–Crippen MR) is 83.1 cm³/mol. The maximum Gasteiger partial charge on any atom is 0.394 e. The molecule has 3 heterocycles. The van der Waals surface area contributed by atoms with Crippen LogP contribution in [0.4, 0.5) is 19.1 Å². The lowest BCUT2D eigenvalue weighted by molar-refractivity contribution is -0.188. The van der Waals surface area contributed by atoms with Crippen LogP contribution in [0.25, 0.3) is 0 Å². The normalized spacial score (nSPS) is 26.3. The van der Waals surface area contributed by atoms with Crippen molar-refractivity contribution >= 4 is 17.8 Å². The molecular formula is C15H18F3N5O3. The molecule has 2 aliphatic heterocycles. The van der Waals surface area contributed by atoms with Crippen molar-refractivity contribution < 1.29 is 27.9 Å². The lowest BCUT2D eigenvalue weighted by atomic mass is 9.96. The van der Waals surface area contributed by atoms with E-state index in [4.69, 9.17) is 5.11 Å². The molecule has 3 rings (SSSR count). The number of carbonyl (C=O) groups excluding carboxylic acids is 1. The molecule has 1 fully saturated rings. The van der Waals surface area contributed by atoms with Gasteiger partial charge in [-0.1, -0.05) is 0 Å². The Balaban J connectivity index is 1.92. The van der Waals surface area contributed by atoms with Gasteiger partial charge in [-0.25, -0.2) is 4.68 Å². The van der Waals surface area contributed by atoms with Crippen molar-refractivity contribution in [2.45, 2.75) is 26.1 Å². The first-order chi connectivity index (χ1) is 12.0. The van der Waals surface area contributed by atoms with Crippen LogP contribution in [-0.4, -0.2) is 63.0 Å². The number of likely N-dealkylation sites (tertiary alicyclic amines) is 1. The maximum atomic E-state index is 13.2. The summed E-state index contributed by atoms with van der Waals surface area (Å²) >= 11 is 0. The summed E-state index contributed by atoms with van der Waals surface area (Å²) in [5, 5.41) is 13.2. The Bertz CT molecular complexity index is 788. The summed E-state index contributed by atoms with van der Waals surface area (Å²) in [7, 11) is 1.68. The van der Waals surface area contributed by atoms with E-state index in [9.17, 15) is 22.8 Å². The van der Waals surface area contributed by atoms with E-state index < -0.39 is 49.0 Å². The molecule has 2 aliphatic rings. The zero-order chi connectivity index (χ0) is 19.4. The van der Waals surface area contributed by atoms with E-state index in [1.165, 1.54) is 11.0 Å². The molecule has 0 radical (unpaired) electrons. The molecule has 26 heavy (non-hydrogen) atoms. The minimum atomic E-state index is -4.68. The van der Waals surface area contributed by atoms with E-state index in [-0.39, 0.29) is 5.57 Å². The molecule has 0 bridgehead atoms. The van der Waals surface area contributed by atoms with Crippen molar-refractivity contribution in [1.29, 1.82) is 0 Å². The van der Waals surface area contributed by atoms with E-state index in [0.29, 0.717) is 11.6 Å². The molecule has 1 aromatic rings. The summed E-state index contributed by atoms with van der Waals surface area (Å²) in [6.07, 6.45) is -3.35. The molecule has 1 aromatic heterocycles. The van der Waals surface area contributed by atoms with Crippen LogP contribution in [0, 0.1) is 11.8 Å². The molecule has 1 unspecified atom stereocenters. The second-order valence-electron chi connectivity index (χ2n) is 6.54. The summed E-state index contributed by atoms with van der Waals surface area (Å²) in [6, 6.07) is -0.524. The molecule has 0 saturated carbocycles. The van der Waals surface area contributed by atoms with E-state index in [2.05, 4.69) is 10.1 Å². The summed E-state index contributed by atoms with van der Waals surface area (Å²) in [4.78, 5) is 30.9. The monoisotopic (exact) mass is 373 g/mol. The number of carboxylic acids is 1. The largest absolute Gasteiger partial charge is 0.481 e. The molecule has 3 atom stereocenters. The third kappa shape index (κ3) is 2.71. The third-order valence-electron chi connectivity index (χ3n) is 5.11. The number of carboxylic acid groups (broad SMARTS) is 1. The number of hydrogen-bond donors (Lipinski definition) is 1. The van der Waals surface area contributed by atoms with E-state index >= 15 is 0 Å². The zero-order valence-electron chi connectivity index (χ0n) is 14.4. The van der Waals surface area contributed by atoms with Gasteiger partial charge in [0.25, 0.3) is 5.91 Å². The zero-order valence-corrected chi connectivity index (χ0v) is 14.4. The van der Waals surface area contributed by atoms with Gasteiger partial charge in [-0.3, -0.25) is 9.59 Å². The lowest BCUT2D eigenvalue weighted by Crippen LogP contribution is -2.39. The Labute approximate surface area is 146 Å². The van der Waals surface area contributed by atoms with Gasteiger partial charge in [-0.05, 0) is 13.8 Å². The summed E-state index contributed by atoms with van der Waals surface area (Å²) < 4.78 is 41.0. The second kappa shape index (κ2) is 5.99. The summed E-state index contributed by atoms with van der Waals surface area (Å²) in [5.74, 6) is -5.40. The number of amides is 1. The van der Waals surface area contributed by atoms with Gasteiger partial charge >= 0.3 is 12.1 Å². The second-order valence-corrected chi connectivity index (χ2v) is 6.54. The number of anilines is 1. The van der Waals surface area contributed by atoms with Crippen LogP contribution in [0.3, 0.4) is 0 Å². The fraction of sp³-hybridized carbons (Fsp3) is 0.600. The molecule has 1 amide bonds. The fourth-order valence-electron chi connectivity index (χ4n) is 3.57. The number of hydrogen-bond acceptors (Lipinski definition) is 5. The van der Waals surface area contributed by atoms with E-state index in [1.807, 2.05) is 0 Å². The van der Waals surface area contributed by atoms with Crippen molar-refractivity contribution in [2.24, 2.45) is 11.8 Å². The van der Waals surface area contributed by atoms with Gasteiger partial charge in [0.2, 0.25) is 5.95 Å². The van der Waals surface area contributed by atoms with Crippen LogP contribution in [-0.2, 0) is 9.59 Å². The molecular weight excluding hydrogens is 355 g/mol. The minimum absolute atomic E-state index is 0.275. The average Bonchev–Trinajstić information content (AvgIpc) is 3.19. The van der Waals surface area contributed by atoms with Gasteiger partial charge in [0.05, 0.1) is 23.5 Å². The first-order valence-corrected chi connectivity index (χ1v) is 7.96. The van der Waals surface area contributed by atoms with Crippen molar-refractivity contribution in [3.05, 3.63) is 17.6 Å². The SMILES string of the molecule is CC1=C(C(=O)N2C[C@@H](C(F)(F)F)[C@H](C(=O)O)C2)C(C)n2ncnc2N1C. The Kier molecular flexibility index (Phi) is 4.20. The van der Waals surface area contributed by atoms with Crippen LogP contribution in [0.1, 0.15) is 19.9 Å². The molecule has 11 heteroatoms. The van der Waals surface area contributed by atoms with Crippen molar-refractivity contribution in [2.75, 3.05) is 25.0 Å². The van der Waals surface area contributed by atoms with Crippen LogP contribution < -0.4 is 4.90 Å². The standard InChI is InChI=1S/C15H18F3N5O3/c1-7-11(8(2)23-14(21(7)3)19-6-20-23)12(24)22-4-9(13(25)26)10(5-22)15(16,17)18/h6,8-10H,4-5H2,1-3H3,(H,25,26)/t8?,9-,10-/m1/s1. The Hall–Kier alpha value is -2.59. The van der Waals surface area contributed by atoms with Gasteiger partial charge < -0.3 is 14.9 Å². The number of allylic oxidation sites excluding steroid dienone is 1. The molecule has 1 N–H and O–H groups in total. The molecule has 8 nitrogen and oxygen atoms in total. The molecule has 1 saturated heterocycles. The maximum absolute atomic E-state index is 13.2. The molecule has 0 spiro atoms. The van der Waals surface area contributed by atoms with E-state index in [0.717, 1.165) is 4.90 Å². The van der Waals surface area contributed by atoms with Gasteiger partial charge in [0, 0.05) is 25.8 Å². The van der Waals surface area contributed by atoms with Crippen LogP contribution >= 0.6 is 0 Å². The topological polar surface area (TPSA) is 91.6 Å². The van der Waals surface area contributed by atoms with Crippen LogP contribution in [0.2, 0.25) is 0 Å². The first kappa shape index (κ1) is 18.2.